The molecule has 0 saturated carbocycles. The van der Waals surface area contributed by atoms with Gasteiger partial charge in [0.15, 0.2) is 0 Å². The van der Waals surface area contributed by atoms with E-state index < -0.39 is 0 Å². The highest BCUT2D eigenvalue weighted by Gasteiger charge is 2.30. The van der Waals surface area contributed by atoms with Crippen LogP contribution in [0.4, 0.5) is 0 Å². The average molecular weight is 251 g/mol. The molecule has 0 amide bonds. The summed E-state index contributed by atoms with van der Waals surface area (Å²) in [4.78, 5) is 0. The monoisotopic (exact) mass is 251 g/mol. The van der Waals surface area contributed by atoms with Crippen LogP contribution in [0.25, 0.3) is 0 Å². The van der Waals surface area contributed by atoms with E-state index in [4.69, 9.17) is 0 Å². The fourth-order valence-corrected chi connectivity index (χ4v) is 3.25. The minimum Gasteiger partial charge on any atom is -0.309 e. The van der Waals surface area contributed by atoms with E-state index in [1.54, 1.807) is 0 Å². The molecule has 1 saturated heterocycles. The van der Waals surface area contributed by atoms with Gasteiger partial charge in [0, 0.05) is 12.0 Å². The SMILES string of the molecule is CCc1ccccc1C1NCCC1c1ccccc1. The van der Waals surface area contributed by atoms with E-state index >= 15 is 0 Å². The van der Waals surface area contributed by atoms with Gasteiger partial charge in [0.2, 0.25) is 0 Å². The molecule has 19 heavy (non-hydrogen) atoms. The number of nitrogens with one attached hydrogen (secondary N) is 1. The van der Waals surface area contributed by atoms with Gasteiger partial charge in [-0.1, -0.05) is 61.5 Å². The first-order chi connectivity index (χ1) is 9.40. The zero-order chi connectivity index (χ0) is 13.1. The quantitative estimate of drug-likeness (QED) is 0.867. The van der Waals surface area contributed by atoms with Crippen LogP contribution < -0.4 is 5.32 Å². The highest BCUT2D eigenvalue weighted by molar-refractivity contribution is 5.35. The average Bonchev–Trinajstić information content (AvgIpc) is 2.97. The van der Waals surface area contributed by atoms with Crippen molar-refractivity contribution in [3.63, 3.8) is 0 Å². The van der Waals surface area contributed by atoms with Gasteiger partial charge in [-0.25, -0.2) is 0 Å². The molecule has 3 rings (SSSR count). The first-order valence-electron chi connectivity index (χ1n) is 7.26. The maximum Gasteiger partial charge on any atom is 0.0392 e. The Morgan fingerprint density at radius 2 is 1.74 bits per heavy atom. The van der Waals surface area contributed by atoms with E-state index in [0.29, 0.717) is 12.0 Å². The molecule has 0 spiro atoms. The Morgan fingerprint density at radius 1 is 1.00 bits per heavy atom. The molecule has 1 fully saturated rings. The van der Waals surface area contributed by atoms with E-state index in [1.807, 2.05) is 0 Å². The van der Waals surface area contributed by atoms with Gasteiger partial charge in [0.25, 0.3) is 0 Å². The molecule has 2 aromatic rings. The number of aryl methyl sites for hydroxylation is 1. The molecule has 2 atom stereocenters. The largest absolute Gasteiger partial charge is 0.309 e. The van der Waals surface area contributed by atoms with E-state index in [-0.39, 0.29) is 0 Å². The molecule has 0 bridgehead atoms. The Hall–Kier alpha value is -1.60. The lowest BCUT2D eigenvalue weighted by molar-refractivity contribution is 0.573. The van der Waals surface area contributed by atoms with Crippen LogP contribution in [-0.4, -0.2) is 6.54 Å². The third-order valence-electron chi connectivity index (χ3n) is 4.22. The normalized spacial score (nSPS) is 22.6. The van der Waals surface area contributed by atoms with E-state index in [2.05, 4.69) is 66.8 Å². The molecular weight excluding hydrogens is 230 g/mol. The van der Waals surface area contributed by atoms with Crippen molar-refractivity contribution in [2.75, 3.05) is 6.54 Å². The van der Waals surface area contributed by atoms with Crippen LogP contribution in [0.3, 0.4) is 0 Å². The van der Waals surface area contributed by atoms with Crippen molar-refractivity contribution < 1.29 is 0 Å². The Labute approximate surface area is 115 Å². The van der Waals surface area contributed by atoms with Gasteiger partial charge in [0.1, 0.15) is 0 Å². The van der Waals surface area contributed by atoms with Crippen LogP contribution in [0.2, 0.25) is 0 Å². The lowest BCUT2D eigenvalue weighted by Crippen LogP contribution is -2.18. The summed E-state index contributed by atoms with van der Waals surface area (Å²) in [5.74, 6) is 0.605. The van der Waals surface area contributed by atoms with Crippen molar-refractivity contribution >= 4 is 0 Å². The molecule has 0 aromatic heterocycles. The minimum atomic E-state index is 0.471. The fraction of sp³-hybridized carbons (Fsp3) is 0.333. The molecule has 2 unspecified atom stereocenters. The van der Waals surface area contributed by atoms with Crippen molar-refractivity contribution in [1.29, 1.82) is 0 Å². The van der Waals surface area contributed by atoms with Crippen molar-refractivity contribution in [2.45, 2.75) is 31.7 Å². The molecule has 1 aliphatic heterocycles. The Morgan fingerprint density at radius 3 is 2.53 bits per heavy atom. The number of hydrogen-bond acceptors (Lipinski definition) is 1. The van der Waals surface area contributed by atoms with Crippen LogP contribution in [0.5, 0.6) is 0 Å². The Kier molecular flexibility index (Phi) is 3.65. The summed E-state index contributed by atoms with van der Waals surface area (Å²) >= 11 is 0. The van der Waals surface area contributed by atoms with Gasteiger partial charge in [-0.15, -0.1) is 0 Å². The van der Waals surface area contributed by atoms with Gasteiger partial charge < -0.3 is 5.32 Å². The number of benzene rings is 2. The summed E-state index contributed by atoms with van der Waals surface area (Å²) in [6.07, 6.45) is 2.34. The van der Waals surface area contributed by atoms with Crippen LogP contribution in [0, 0.1) is 0 Å². The molecule has 1 heterocycles. The molecule has 0 radical (unpaired) electrons. The lowest BCUT2D eigenvalue weighted by Gasteiger charge is -2.22. The van der Waals surface area contributed by atoms with Crippen molar-refractivity contribution in [3.05, 3.63) is 71.3 Å². The van der Waals surface area contributed by atoms with Crippen molar-refractivity contribution in [3.8, 4) is 0 Å². The lowest BCUT2D eigenvalue weighted by atomic mass is 9.85. The third-order valence-corrected chi connectivity index (χ3v) is 4.22. The highest BCUT2D eigenvalue weighted by atomic mass is 15.0. The van der Waals surface area contributed by atoms with Gasteiger partial charge in [-0.3, -0.25) is 0 Å². The van der Waals surface area contributed by atoms with Gasteiger partial charge in [-0.05, 0) is 36.1 Å². The number of rotatable bonds is 3. The molecule has 1 nitrogen and oxygen atoms in total. The van der Waals surface area contributed by atoms with Gasteiger partial charge in [0.05, 0.1) is 0 Å². The standard InChI is InChI=1S/C18H21N/c1-2-14-8-6-7-11-16(14)18-17(12-13-19-18)15-9-4-3-5-10-15/h3-11,17-19H,2,12-13H2,1H3. The second-order valence-electron chi connectivity index (χ2n) is 5.29. The van der Waals surface area contributed by atoms with Crippen molar-refractivity contribution in [1.82, 2.24) is 5.32 Å². The summed E-state index contributed by atoms with van der Waals surface area (Å²) in [5, 5.41) is 3.70. The van der Waals surface area contributed by atoms with Gasteiger partial charge >= 0.3 is 0 Å². The summed E-state index contributed by atoms with van der Waals surface area (Å²) in [7, 11) is 0. The summed E-state index contributed by atoms with van der Waals surface area (Å²) in [5.41, 5.74) is 4.42. The third kappa shape index (κ3) is 2.43. The summed E-state index contributed by atoms with van der Waals surface area (Å²) in [6.45, 7) is 3.35. The summed E-state index contributed by atoms with van der Waals surface area (Å²) in [6, 6.07) is 20.3. The first kappa shape index (κ1) is 12.4. The Bertz CT molecular complexity index is 532. The van der Waals surface area contributed by atoms with Crippen LogP contribution in [0.15, 0.2) is 54.6 Å². The molecule has 0 aliphatic carbocycles. The molecular formula is C18H21N. The maximum atomic E-state index is 3.70. The predicted molar refractivity (Wildman–Crippen MR) is 80.4 cm³/mol. The fourth-order valence-electron chi connectivity index (χ4n) is 3.25. The topological polar surface area (TPSA) is 12.0 Å². The summed E-state index contributed by atoms with van der Waals surface area (Å²) < 4.78 is 0. The first-order valence-corrected chi connectivity index (χ1v) is 7.26. The van der Waals surface area contributed by atoms with E-state index in [1.165, 1.54) is 23.1 Å². The van der Waals surface area contributed by atoms with E-state index in [9.17, 15) is 0 Å². The molecule has 1 heteroatoms. The Balaban J connectivity index is 1.95. The number of hydrogen-bond donors (Lipinski definition) is 1. The second-order valence-corrected chi connectivity index (χ2v) is 5.29. The highest BCUT2D eigenvalue weighted by Crippen LogP contribution is 2.38. The molecule has 98 valence electrons. The van der Waals surface area contributed by atoms with Crippen molar-refractivity contribution in [2.24, 2.45) is 0 Å². The molecule has 2 aromatic carbocycles. The van der Waals surface area contributed by atoms with Crippen LogP contribution in [0.1, 0.15) is 42.0 Å². The zero-order valence-corrected chi connectivity index (χ0v) is 11.5. The zero-order valence-electron chi connectivity index (χ0n) is 11.5. The van der Waals surface area contributed by atoms with Crippen LogP contribution >= 0.6 is 0 Å². The van der Waals surface area contributed by atoms with E-state index in [0.717, 1.165) is 13.0 Å². The molecule has 1 N–H and O–H groups in total. The molecule has 1 aliphatic rings. The smallest absolute Gasteiger partial charge is 0.0392 e. The maximum absolute atomic E-state index is 3.70. The second kappa shape index (κ2) is 5.58. The minimum absolute atomic E-state index is 0.471. The van der Waals surface area contributed by atoms with Crippen LogP contribution in [-0.2, 0) is 6.42 Å². The predicted octanol–water partition coefficient (Wildman–Crippen LogP) is 4.07. The van der Waals surface area contributed by atoms with Gasteiger partial charge in [-0.2, -0.15) is 0 Å².